The quantitative estimate of drug-likeness (QED) is 0.876. The Hall–Kier alpha value is -1.13. The summed E-state index contributed by atoms with van der Waals surface area (Å²) in [4.78, 5) is 9.51. The van der Waals surface area contributed by atoms with Gasteiger partial charge in [-0.1, -0.05) is 12.5 Å². The molecule has 1 atom stereocenters. The SMILES string of the molecule is CN1CCN(c2ncccc2[C@@H]2CCCCN2)CC1. The fraction of sp³-hybridized carbons (Fsp3) is 0.667. The van der Waals surface area contributed by atoms with Gasteiger partial charge in [0, 0.05) is 44.0 Å². The highest BCUT2D eigenvalue weighted by atomic mass is 15.3. The minimum atomic E-state index is 0.497. The number of aromatic nitrogens is 1. The molecule has 0 aromatic carbocycles. The Labute approximate surface area is 115 Å². The molecule has 104 valence electrons. The van der Waals surface area contributed by atoms with Crippen LogP contribution in [-0.4, -0.2) is 49.7 Å². The average molecular weight is 260 g/mol. The number of hydrogen-bond acceptors (Lipinski definition) is 4. The Bertz CT molecular complexity index is 406. The third-order valence-corrected chi connectivity index (χ3v) is 4.31. The lowest BCUT2D eigenvalue weighted by atomic mass is 9.97. The lowest BCUT2D eigenvalue weighted by Gasteiger charge is -2.36. The molecule has 0 spiro atoms. The molecule has 0 radical (unpaired) electrons. The second kappa shape index (κ2) is 5.88. The minimum Gasteiger partial charge on any atom is -0.354 e. The lowest BCUT2D eigenvalue weighted by Crippen LogP contribution is -2.45. The van der Waals surface area contributed by atoms with Gasteiger partial charge in [-0.25, -0.2) is 4.98 Å². The van der Waals surface area contributed by atoms with Crippen molar-refractivity contribution in [2.24, 2.45) is 0 Å². The molecule has 1 aromatic rings. The molecule has 2 saturated heterocycles. The molecule has 4 nitrogen and oxygen atoms in total. The standard InChI is InChI=1S/C15H24N4/c1-18-9-11-19(12-10-18)15-13(5-4-8-17-15)14-6-2-3-7-16-14/h4-5,8,14,16H,2-3,6-7,9-12H2,1H3/t14-/m0/s1. The number of piperazine rings is 1. The van der Waals surface area contributed by atoms with E-state index in [1.165, 1.54) is 30.6 Å². The van der Waals surface area contributed by atoms with Gasteiger partial charge in [-0.05, 0) is 32.5 Å². The van der Waals surface area contributed by atoms with Crippen LogP contribution in [0.5, 0.6) is 0 Å². The summed E-state index contributed by atoms with van der Waals surface area (Å²) in [7, 11) is 2.19. The van der Waals surface area contributed by atoms with Crippen molar-refractivity contribution in [2.45, 2.75) is 25.3 Å². The van der Waals surface area contributed by atoms with E-state index in [2.05, 4.69) is 39.3 Å². The van der Waals surface area contributed by atoms with Crippen LogP contribution >= 0.6 is 0 Å². The molecule has 2 fully saturated rings. The summed E-state index contributed by atoms with van der Waals surface area (Å²) in [5.41, 5.74) is 1.40. The number of pyridine rings is 1. The second-order valence-electron chi connectivity index (χ2n) is 5.71. The summed E-state index contributed by atoms with van der Waals surface area (Å²) in [6.45, 7) is 5.59. The topological polar surface area (TPSA) is 31.4 Å². The van der Waals surface area contributed by atoms with E-state index < -0.39 is 0 Å². The lowest BCUT2D eigenvalue weighted by molar-refractivity contribution is 0.311. The zero-order valence-corrected chi connectivity index (χ0v) is 11.8. The van der Waals surface area contributed by atoms with Crippen LogP contribution in [0.15, 0.2) is 18.3 Å². The molecular weight excluding hydrogens is 236 g/mol. The van der Waals surface area contributed by atoms with Crippen LogP contribution in [0, 0.1) is 0 Å². The van der Waals surface area contributed by atoms with Crippen LogP contribution in [0.25, 0.3) is 0 Å². The largest absolute Gasteiger partial charge is 0.354 e. The van der Waals surface area contributed by atoms with Crippen molar-refractivity contribution in [1.29, 1.82) is 0 Å². The van der Waals surface area contributed by atoms with Gasteiger partial charge in [-0.15, -0.1) is 0 Å². The molecule has 0 amide bonds. The van der Waals surface area contributed by atoms with Crippen molar-refractivity contribution < 1.29 is 0 Å². The van der Waals surface area contributed by atoms with E-state index in [-0.39, 0.29) is 0 Å². The smallest absolute Gasteiger partial charge is 0.133 e. The molecule has 0 aliphatic carbocycles. The maximum atomic E-state index is 4.67. The molecule has 3 rings (SSSR count). The predicted molar refractivity (Wildman–Crippen MR) is 78.5 cm³/mol. The van der Waals surface area contributed by atoms with E-state index >= 15 is 0 Å². The Balaban J connectivity index is 1.80. The maximum absolute atomic E-state index is 4.67. The molecule has 3 heterocycles. The molecule has 0 bridgehead atoms. The van der Waals surface area contributed by atoms with Crippen molar-refractivity contribution in [3.8, 4) is 0 Å². The first-order chi connectivity index (χ1) is 9.34. The first-order valence-electron chi connectivity index (χ1n) is 7.46. The van der Waals surface area contributed by atoms with Crippen molar-refractivity contribution >= 4 is 5.82 Å². The van der Waals surface area contributed by atoms with E-state index in [9.17, 15) is 0 Å². The fourth-order valence-corrected chi connectivity index (χ4v) is 3.08. The van der Waals surface area contributed by atoms with Gasteiger partial charge in [0.1, 0.15) is 5.82 Å². The number of hydrogen-bond donors (Lipinski definition) is 1. The van der Waals surface area contributed by atoms with E-state index in [1.54, 1.807) is 0 Å². The molecule has 2 aliphatic rings. The summed E-state index contributed by atoms with van der Waals surface area (Å²) in [6, 6.07) is 4.83. The van der Waals surface area contributed by atoms with Gasteiger partial charge in [-0.3, -0.25) is 0 Å². The van der Waals surface area contributed by atoms with E-state index in [0.29, 0.717) is 6.04 Å². The first-order valence-corrected chi connectivity index (χ1v) is 7.46. The van der Waals surface area contributed by atoms with Crippen LogP contribution in [0.2, 0.25) is 0 Å². The minimum absolute atomic E-state index is 0.497. The third kappa shape index (κ3) is 2.90. The van der Waals surface area contributed by atoms with Crippen molar-refractivity contribution in [3.63, 3.8) is 0 Å². The summed E-state index contributed by atoms with van der Waals surface area (Å²) < 4.78 is 0. The molecule has 0 unspecified atom stereocenters. The number of nitrogens with one attached hydrogen (secondary N) is 1. The van der Waals surface area contributed by atoms with Crippen molar-refractivity contribution in [3.05, 3.63) is 23.9 Å². The van der Waals surface area contributed by atoms with Gasteiger partial charge < -0.3 is 15.1 Å². The summed E-state index contributed by atoms with van der Waals surface area (Å²) in [5, 5.41) is 3.65. The number of rotatable bonds is 2. The van der Waals surface area contributed by atoms with E-state index in [0.717, 1.165) is 32.7 Å². The Morgan fingerprint density at radius 3 is 2.79 bits per heavy atom. The van der Waals surface area contributed by atoms with Gasteiger partial charge in [0.25, 0.3) is 0 Å². The molecule has 0 saturated carbocycles. The maximum Gasteiger partial charge on any atom is 0.133 e. The van der Waals surface area contributed by atoms with Crippen molar-refractivity contribution in [1.82, 2.24) is 15.2 Å². The van der Waals surface area contributed by atoms with Crippen LogP contribution in [0.1, 0.15) is 30.9 Å². The van der Waals surface area contributed by atoms with Gasteiger partial charge in [0.2, 0.25) is 0 Å². The molecule has 1 N–H and O–H groups in total. The molecule has 19 heavy (non-hydrogen) atoms. The zero-order chi connectivity index (χ0) is 13.1. The van der Waals surface area contributed by atoms with Crippen LogP contribution in [0.4, 0.5) is 5.82 Å². The fourth-order valence-electron chi connectivity index (χ4n) is 3.08. The van der Waals surface area contributed by atoms with Crippen molar-refractivity contribution in [2.75, 3.05) is 44.7 Å². The third-order valence-electron chi connectivity index (χ3n) is 4.31. The predicted octanol–water partition coefficient (Wildman–Crippen LogP) is 1.65. The summed E-state index contributed by atoms with van der Waals surface area (Å²) >= 11 is 0. The Kier molecular flexibility index (Phi) is 3.99. The molecule has 1 aromatic heterocycles. The average Bonchev–Trinajstić information content (AvgIpc) is 2.49. The first kappa shape index (κ1) is 12.9. The highest BCUT2D eigenvalue weighted by molar-refractivity contribution is 5.49. The van der Waals surface area contributed by atoms with Gasteiger partial charge in [0.15, 0.2) is 0 Å². The normalized spacial score (nSPS) is 25.5. The van der Waals surface area contributed by atoms with Gasteiger partial charge >= 0.3 is 0 Å². The number of likely N-dealkylation sites (N-methyl/N-ethyl adjacent to an activating group) is 1. The molecular formula is C15H24N4. The number of piperidine rings is 1. The summed E-state index contributed by atoms with van der Waals surface area (Å²) in [6.07, 6.45) is 5.81. The number of anilines is 1. The highest BCUT2D eigenvalue weighted by Crippen LogP contribution is 2.29. The second-order valence-corrected chi connectivity index (χ2v) is 5.71. The zero-order valence-electron chi connectivity index (χ0n) is 11.8. The van der Waals surface area contributed by atoms with Gasteiger partial charge in [-0.2, -0.15) is 0 Å². The van der Waals surface area contributed by atoms with Crippen LogP contribution in [-0.2, 0) is 0 Å². The number of nitrogens with zero attached hydrogens (tertiary/aromatic N) is 3. The van der Waals surface area contributed by atoms with E-state index in [4.69, 9.17) is 0 Å². The van der Waals surface area contributed by atoms with Crippen LogP contribution < -0.4 is 10.2 Å². The van der Waals surface area contributed by atoms with Crippen LogP contribution in [0.3, 0.4) is 0 Å². The Morgan fingerprint density at radius 2 is 2.05 bits per heavy atom. The monoisotopic (exact) mass is 260 g/mol. The highest BCUT2D eigenvalue weighted by Gasteiger charge is 2.23. The summed E-state index contributed by atoms with van der Waals surface area (Å²) in [5.74, 6) is 1.20. The van der Waals surface area contributed by atoms with E-state index in [1.807, 2.05) is 6.20 Å². The molecule has 2 aliphatic heterocycles. The van der Waals surface area contributed by atoms with Gasteiger partial charge in [0.05, 0.1) is 0 Å². The Morgan fingerprint density at radius 1 is 1.21 bits per heavy atom. The molecule has 4 heteroatoms.